The quantitative estimate of drug-likeness (QED) is 0.511. The van der Waals surface area contributed by atoms with E-state index in [0.29, 0.717) is 27.7 Å². The second-order valence-electron chi connectivity index (χ2n) is 4.98. The van der Waals surface area contributed by atoms with Gasteiger partial charge in [0.05, 0.1) is 0 Å². The fraction of sp³-hybridized carbons (Fsp3) is 0.250. The van der Waals surface area contributed by atoms with Gasteiger partial charge in [0.25, 0.3) is 0 Å². The van der Waals surface area contributed by atoms with E-state index in [-0.39, 0.29) is 5.41 Å². The minimum absolute atomic E-state index is 0.376. The molecule has 0 unspecified atom stereocenters. The van der Waals surface area contributed by atoms with Crippen LogP contribution in [0.3, 0.4) is 0 Å². The largest absolute Gasteiger partial charge is 0.207 e. The van der Waals surface area contributed by atoms with E-state index >= 15 is 0 Å². The van der Waals surface area contributed by atoms with Gasteiger partial charge in [0.1, 0.15) is 11.6 Å². The summed E-state index contributed by atoms with van der Waals surface area (Å²) >= 11 is 13.3. The summed E-state index contributed by atoms with van der Waals surface area (Å²) in [6.45, 7) is 0. The highest BCUT2D eigenvalue weighted by molar-refractivity contribution is 9.09. The van der Waals surface area contributed by atoms with Gasteiger partial charge in [0.2, 0.25) is 0 Å². The fourth-order valence-corrected chi connectivity index (χ4v) is 4.63. The monoisotopic (exact) mass is 436 g/mol. The molecule has 0 radical (unpaired) electrons. The molecule has 0 saturated heterocycles. The number of rotatable bonds is 5. The molecule has 0 aliphatic rings. The lowest BCUT2D eigenvalue weighted by Gasteiger charge is -2.31. The lowest BCUT2D eigenvalue weighted by Crippen LogP contribution is -2.33. The summed E-state index contributed by atoms with van der Waals surface area (Å²) in [6, 6.07) is 11.1. The molecule has 2 rings (SSSR count). The van der Waals surface area contributed by atoms with Crippen LogP contribution in [-0.4, -0.2) is 10.7 Å². The van der Waals surface area contributed by atoms with Crippen LogP contribution in [0.1, 0.15) is 11.1 Å². The Morgan fingerprint density at radius 3 is 2.05 bits per heavy atom. The molecule has 0 aliphatic heterocycles. The zero-order valence-corrected chi connectivity index (χ0v) is 15.0. The Bertz CT molecular complexity index is 607. The van der Waals surface area contributed by atoms with Crippen molar-refractivity contribution in [2.24, 2.45) is 0 Å². The SMILES string of the molecule is Fc1cc(F)cc(CC(CBr)(CBr)c2ccccc2Cl)c1. The highest BCUT2D eigenvalue weighted by Crippen LogP contribution is 2.37. The summed E-state index contributed by atoms with van der Waals surface area (Å²) < 4.78 is 26.8. The van der Waals surface area contributed by atoms with E-state index in [4.69, 9.17) is 11.6 Å². The van der Waals surface area contributed by atoms with Crippen LogP contribution in [-0.2, 0) is 11.8 Å². The fourth-order valence-electron chi connectivity index (χ4n) is 2.36. The van der Waals surface area contributed by atoms with Crippen molar-refractivity contribution in [2.45, 2.75) is 11.8 Å². The first-order valence-electron chi connectivity index (χ1n) is 6.33. The minimum atomic E-state index is -0.567. The molecule has 0 atom stereocenters. The van der Waals surface area contributed by atoms with Crippen molar-refractivity contribution in [2.75, 3.05) is 10.7 Å². The standard InChI is InChI=1S/C16H13Br2ClF2/c17-9-16(10-18,14-3-1-2-4-15(14)19)8-11-5-12(20)7-13(21)6-11/h1-7H,8-10H2. The van der Waals surface area contributed by atoms with E-state index in [1.165, 1.54) is 12.1 Å². The third kappa shape index (κ3) is 3.85. The van der Waals surface area contributed by atoms with Crippen LogP contribution in [0.25, 0.3) is 0 Å². The molecule has 2 aromatic carbocycles. The van der Waals surface area contributed by atoms with Crippen LogP contribution in [0.15, 0.2) is 42.5 Å². The Balaban J connectivity index is 2.45. The summed E-state index contributed by atoms with van der Waals surface area (Å²) in [5.41, 5.74) is 1.18. The molecule has 0 N–H and O–H groups in total. The average molecular weight is 439 g/mol. The van der Waals surface area contributed by atoms with Crippen LogP contribution in [0.5, 0.6) is 0 Å². The maximum absolute atomic E-state index is 13.4. The number of alkyl halides is 2. The predicted octanol–water partition coefficient (Wildman–Crippen LogP) is 5.89. The zero-order valence-electron chi connectivity index (χ0n) is 11.1. The lowest BCUT2D eigenvalue weighted by atomic mass is 9.79. The van der Waals surface area contributed by atoms with Gasteiger partial charge in [-0.15, -0.1) is 0 Å². The Hall–Kier alpha value is -0.450. The Morgan fingerprint density at radius 2 is 1.52 bits per heavy atom. The second kappa shape index (κ2) is 7.21. The molecule has 0 heterocycles. The molecule has 0 aliphatic carbocycles. The van der Waals surface area contributed by atoms with Gasteiger partial charge in [-0.25, -0.2) is 8.78 Å². The normalized spacial score (nSPS) is 11.7. The van der Waals surface area contributed by atoms with Crippen LogP contribution in [0.4, 0.5) is 8.78 Å². The Labute approximate surface area is 144 Å². The van der Waals surface area contributed by atoms with Gasteiger partial charge < -0.3 is 0 Å². The van der Waals surface area contributed by atoms with E-state index in [9.17, 15) is 8.78 Å². The first-order chi connectivity index (χ1) is 10.0. The van der Waals surface area contributed by atoms with Gasteiger partial charge in [0, 0.05) is 27.2 Å². The molecule has 112 valence electrons. The molecule has 21 heavy (non-hydrogen) atoms. The van der Waals surface area contributed by atoms with Crippen LogP contribution in [0, 0.1) is 11.6 Å². The van der Waals surface area contributed by atoms with Crippen molar-refractivity contribution in [3.05, 3.63) is 70.2 Å². The van der Waals surface area contributed by atoms with Crippen LogP contribution < -0.4 is 0 Å². The average Bonchev–Trinajstić information content (AvgIpc) is 2.44. The molecular weight excluding hydrogens is 425 g/mol. The molecule has 0 fully saturated rings. The summed E-state index contributed by atoms with van der Waals surface area (Å²) in [4.78, 5) is 0. The summed E-state index contributed by atoms with van der Waals surface area (Å²) in [7, 11) is 0. The van der Waals surface area contributed by atoms with Crippen molar-refractivity contribution < 1.29 is 8.78 Å². The molecule has 0 spiro atoms. The van der Waals surface area contributed by atoms with Gasteiger partial charge in [-0.3, -0.25) is 0 Å². The Kier molecular flexibility index (Phi) is 5.81. The molecule has 5 heteroatoms. The lowest BCUT2D eigenvalue weighted by molar-refractivity contribution is 0.537. The predicted molar refractivity (Wildman–Crippen MR) is 90.8 cm³/mol. The van der Waals surface area contributed by atoms with Crippen molar-refractivity contribution in [1.29, 1.82) is 0 Å². The van der Waals surface area contributed by atoms with Crippen LogP contribution in [0.2, 0.25) is 5.02 Å². The number of hydrogen-bond acceptors (Lipinski definition) is 0. The van der Waals surface area contributed by atoms with Gasteiger partial charge in [-0.2, -0.15) is 0 Å². The molecule has 0 saturated carbocycles. The smallest absolute Gasteiger partial charge is 0.126 e. The number of hydrogen-bond donors (Lipinski definition) is 0. The van der Waals surface area contributed by atoms with E-state index in [1.807, 2.05) is 24.3 Å². The van der Waals surface area contributed by atoms with Gasteiger partial charge in [0.15, 0.2) is 0 Å². The minimum Gasteiger partial charge on any atom is -0.207 e. The molecule has 0 aromatic heterocycles. The van der Waals surface area contributed by atoms with Crippen LogP contribution >= 0.6 is 43.5 Å². The van der Waals surface area contributed by atoms with Crippen molar-refractivity contribution in [3.8, 4) is 0 Å². The van der Waals surface area contributed by atoms with Crippen molar-refractivity contribution in [1.82, 2.24) is 0 Å². The molecule has 2 aromatic rings. The third-order valence-corrected chi connectivity index (χ3v) is 5.90. The van der Waals surface area contributed by atoms with Crippen molar-refractivity contribution >= 4 is 43.5 Å². The van der Waals surface area contributed by atoms with E-state index < -0.39 is 11.6 Å². The highest BCUT2D eigenvalue weighted by Gasteiger charge is 2.32. The first-order valence-corrected chi connectivity index (χ1v) is 8.95. The maximum atomic E-state index is 13.4. The van der Waals surface area contributed by atoms with Crippen molar-refractivity contribution in [3.63, 3.8) is 0 Å². The number of halogens is 5. The molecule has 0 bridgehead atoms. The van der Waals surface area contributed by atoms with Gasteiger partial charge >= 0.3 is 0 Å². The molecule has 0 amide bonds. The highest BCUT2D eigenvalue weighted by atomic mass is 79.9. The van der Waals surface area contributed by atoms with Gasteiger partial charge in [-0.05, 0) is 35.7 Å². The van der Waals surface area contributed by atoms with E-state index in [1.54, 1.807) is 0 Å². The summed E-state index contributed by atoms with van der Waals surface area (Å²) in [6.07, 6.45) is 0.474. The van der Waals surface area contributed by atoms with E-state index in [0.717, 1.165) is 11.6 Å². The molecule has 0 nitrogen and oxygen atoms in total. The number of benzene rings is 2. The summed E-state index contributed by atoms with van der Waals surface area (Å²) in [5, 5.41) is 1.88. The first kappa shape index (κ1) is 16.9. The topological polar surface area (TPSA) is 0 Å². The molecular formula is C16H13Br2ClF2. The van der Waals surface area contributed by atoms with Gasteiger partial charge in [-0.1, -0.05) is 61.7 Å². The third-order valence-electron chi connectivity index (χ3n) is 3.42. The Morgan fingerprint density at radius 1 is 0.952 bits per heavy atom. The second-order valence-corrected chi connectivity index (χ2v) is 6.51. The zero-order chi connectivity index (χ0) is 15.5. The maximum Gasteiger partial charge on any atom is 0.126 e. The summed E-state index contributed by atoms with van der Waals surface area (Å²) in [5.74, 6) is -1.13. The van der Waals surface area contributed by atoms with E-state index in [2.05, 4.69) is 31.9 Å².